The van der Waals surface area contributed by atoms with Crippen molar-refractivity contribution in [3.63, 3.8) is 0 Å². The molecule has 0 spiro atoms. The van der Waals surface area contributed by atoms with Crippen molar-refractivity contribution in [1.82, 2.24) is 4.90 Å². The van der Waals surface area contributed by atoms with E-state index in [0.29, 0.717) is 32.3 Å². The third-order valence-corrected chi connectivity index (χ3v) is 4.08. The fourth-order valence-electron chi connectivity index (χ4n) is 2.78. The highest BCUT2D eigenvalue weighted by Gasteiger charge is 2.45. The van der Waals surface area contributed by atoms with Crippen molar-refractivity contribution < 1.29 is 19.4 Å². The van der Waals surface area contributed by atoms with Gasteiger partial charge in [-0.05, 0) is 33.1 Å². The van der Waals surface area contributed by atoms with E-state index >= 15 is 0 Å². The van der Waals surface area contributed by atoms with Crippen LogP contribution in [0.3, 0.4) is 0 Å². The van der Waals surface area contributed by atoms with E-state index < -0.39 is 11.5 Å². The third-order valence-electron chi connectivity index (χ3n) is 4.08. The zero-order chi connectivity index (χ0) is 15.2. The average Bonchev–Trinajstić information content (AvgIpc) is 2.42. The molecule has 5 heteroatoms. The number of carbonyl (C=O) groups excluding carboxylic acids is 1. The number of carboxylic acid groups (broad SMARTS) is 1. The molecule has 0 aliphatic heterocycles. The summed E-state index contributed by atoms with van der Waals surface area (Å²) in [5, 5.41) is 9.53. The molecule has 20 heavy (non-hydrogen) atoms. The maximum absolute atomic E-state index is 12.2. The van der Waals surface area contributed by atoms with Gasteiger partial charge in [-0.1, -0.05) is 19.3 Å². The summed E-state index contributed by atoms with van der Waals surface area (Å²) in [6.07, 6.45) is 5.07. The highest BCUT2D eigenvalue weighted by Crippen LogP contribution is 2.33. The molecule has 1 saturated carbocycles. The van der Waals surface area contributed by atoms with Crippen molar-refractivity contribution in [3.8, 4) is 0 Å². The second-order valence-electron chi connectivity index (χ2n) is 5.87. The molecule has 0 radical (unpaired) electrons. The Hall–Kier alpha value is -1.10. The summed E-state index contributed by atoms with van der Waals surface area (Å²) in [6, 6.07) is 0. The lowest BCUT2D eigenvalue weighted by atomic mass is 9.80. The molecule has 1 aliphatic carbocycles. The van der Waals surface area contributed by atoms with E-state index in [9.17, 15) is 14.7 Å². The van der Waals surface area contributed by atoms with Crippen molar-refractivity contribution in [2.45, 2.75) is 70.4 Å². The van der Waals surface area contributed by atoms with Crippen LogP contribution in [0.2, 0.25) is 0 Å². The maximum atomic E-state index is 12.2. The minimum atomic E-state index is -0.992. The first kappa shape index (κ1) is 17.0. The molecule has 116 valence electrons. The third kappa shape index (κ3) is 4.20. The average molecular weight is 285 g/mol. The Morgan fingerprint density at radius 3 is 2.35 bits per heavy atom. The minimum absolute atomic E-state index is 0.0957. The van der Waals surface area contributed by atoms with Crippen LogP contribution in [0.5, 0.6) is 0 Å². The van der Waals surface area contributed by atoms with E-state index in [4.69, 9.17) is 4.74 Å². The lowest BCUT2D eigenvalue weighted by Crippen LogP contribution is -2.56. The van der Waals surface area contributed by atoms with Crippen LogP contribution in [0.4, 0.5) is 0 Å². The Morgan fingerprint density at radius 1 is 1.25 bits per heavy atom. The fourth-order valence-corrected chi connectivity index (χ4v) is 2.78. The molecule has 0 heterocycles. The molecule has 1 rings (SSSR count). The van der Waals surface area contributed by atoms with Crippen molar-refractivity contribution >= 4 is 11.9 Å². The summed E-state index contributed by atoms with van der Waals surface area (Å²) >= 11 is 0. The molecular weight excluding hydrogens is 258 g/mol. The van der Waals surface area contributed by atoms with Gasteiger partial charge in [-0.3, -0.25) is 4.79 Å². The lowest BCUT2D eigenvalue weighted by Gasteiger charge is -2.41. The SMILES string of the molecule is CC(C)OCCCC(=O)N(C)C1(C(=O)O)CCCCC1. The quantitative estimate of drug-likeness (QED) is 0.730. The first-order valence-corrected chi connectivity index (χ1v) is 7.52. The first-order valence-electron chi connectivity index (χ1n) is 7.52. The van der Waals surface area contributed by atoms with Gasteiger partial charge in [-0.25, -0.2) is 4.79 Å². The van der Waals surface area contributed by atoms with E-state index in [2.05, 4.69) is 0 Å². The standard InChI is InChI=1S/C15H27NO4/c1-12(2)20-11-7-8-13(17)16(3)15(14(18)19)9-5-4-6-10-15/h12H,4-11H2,1-3H3,(H,18,19). The number of ether oxygens (including phenoxy) is 1. The number of carbonyl (C=O) groups is 2. The van der Waals surface area contributed by atoms with Crippen molar-refractivity contribution in [2.75, 3.05) is 13.7 Å². The Balaban J connectivity index is 2.54. The summed E-state index contributed by atoms with van der Waals surface area (Å²) in [6.45, 7) is 4.45. The van der Waals surface area contributed by atoms with Gasteiger partial charge in [0.15, 0.2) is 0 Å². The largest absolute Gasteiger partial charge is 0.479 e. The molecule has 1 N–H and O–H groups in total. The molecule has 0 saturated heterocycles. The van der Waals surface area contributed by atoms with Crippen LogP contribution in [-0.4, -0.2) is 47.2 Å². The van der Waals surface area contributed by atoms with E-state index in [1.165, 1.54) is 4.90 Å². The summed E-state index contributed by atoms with van der Waals surface area (Å²) in [5.74, 6) is -0.965. The number of aliphatic carboxylic acids is 1. The Labute approximate surface area is 121 Å². The molecule has 1 fully saturated rings. The fraction of sp³-hybridized carbons (Fsp3) is 0.867. The van der Waals surface area contributed by atoms with Crippen LogP contribution in [0.1, 0.15) is 58.8 Å². The summed E-state index contributed by atoms with van der Waals surface area (Å²) in [7, 11) is 1.63. The number of likely N-dealkylation sites (N-methyl/N-ethyl adjacent to an activating group) is 1. The number of nitrogens with zero attached hydrogens (tertiary/aromatic N) is 1. The van der Waals surface area contributed by atoms with Gasteiger partial charge in [-0.2, -0.15) is 0 Å². The van der Waals surface area contributed by atoms with Crippen molar-refractivity contribution in [2.24, 2.45) is 0 Å². The molecule has 5 nitrogen and oxygen atoms in total. The summed E-state index contributed by atoms with van der Waals surface area (Å²) in [4.78, 5) is 25.3. The molecule has 0 aromatic carbocycles. The number of amides is 1. The highest BCUT2D eigenvalue weighted by atomic mass is 16.5. The van der Waals surface area contributed by atoms with E-state index in [1.54, 1.807) is 7.05 Å². The normalized spacial score (nSPS) is 18.0. The minimum Gasteiger partial charge on any atom is -0.479 e. The second kappa shape index (κ2) is 7.62. The second-order valence-corrected chi connectivity index (χ2v) is 5.87. The zero-order valence-electron chi connectivity index (χ0n) is 12.9. The van der Waals surface area contributed by atoms with Gasteiger partial charge in [0.25, 0.3) is 0 Å². The van der Waals surface area contributed by atoms with Gasteiger partial charge in [0.2, 0.25) is 5.91 Å². The first-order chi connectivity index (χ1) is 9.40. The molecule has 0 bridgehead atoms. The lowest BCUT2D eigenvalue weighted by molar-refractivity contribution is -0.160. The molecule has 0 atom stereocenters. The zero-order valence-corrected chi connectivity index (χ0v) is 12.9. The van der Waals surface area contributed by atoms with Gasteiger partial charge in [0.1, 0.15) is 5.54 Å². The monoisotopic (exact) mass is 285 g/mol. The predicted octanol–water partition coefficient (Wildman–Crippen LogP) is 2.44. The summed E-state index contributed by atoms with van der Waals surface area (Å²) < 4.78 is 5.40. The number of hydrogen-bond acceptors (Lipinski definition) is 3. The Kier molecular flexibility index (Phi) is 6.46. The van der Waals surface area contributed by atoms with Gasteiger partial charge >= 0.3 is 5.97 Å². The predicted molar refractivity (Wildman–Crippen MR) is 76.5 cm³/mol. The van der Waals surface area contributed by atoms with Crippen molar-refractivity contribution in [3.05, 3.63) is 0 Å². The summed E-state index contributed by atoms with van der Waals surface area (Å²) in [5.41, 5.74) is -0.992. The van der Waals surface area contributed by atoms with Gasteiger partial charge in [0, 0.05) is 20.1 Å². The molecule has 0 unspecified atom stereocenters. The van der Waals surface area contributed by atoms with E-state index in [-0.39, 0.29) is 12.0 Å². The van der Waals surface area contributed by atoms with Crippen LogP contribution in [0.15, 0.2) is 0 Å². The molecule has 1 amide bonds. The Bertz CT molecular complexity index is 335. The van der Waals surface area contributed by atoms with Crippen LogP contribution in [-0.2, 0) is 14.3 Å². The van der Waals surface area contributed by atoms with Crippen molar-refractivity contribution in [1.29, 1.82) is 0 Å². The number of rotatable bonds is 7. The topological polar surface area (TPSA) is 66.8 Å². The number of hydrogen-bond donors (Lipinski definition) is 1. The maximum Gasteiger partial charge on any atom is 0.329 e. The molecule has 0 aromatic heterocycles. The van der Waals surface area contributed by atoms with E-state index in [0.717, 1.165) is 19.3 Å². The smallest absolute Gasteiger partial charge is 0.329 e. The van der Waals surface area contributed by atoms with Crippen LogP contribution >= 0.6 is 0 Å². The van der Waals surface area contributed by atoms with Crippen LogP contribution in [0.25, 0.3) is 0 Å². The van der Waals surface area contributed by atoms with Gasteiger partial charge in [0.05, 0.1) is 6.10 Å². The highest BCUT2D eigenvalue weighted by molar-refractivity contribution is 5.87. The van der Waals surface area contributed by atoms with Crippen LogP contribution < -0.4 is 0 Å². The Morgan fingerprint density at radius 2 is 1.85 bits per heavy atom. The van der Waals surface area contributed by atoms with Crippen LogP contribution in [0, 0.1) is 0 Å². The molecule has 0 aromatic rings. The van der Waals surface area contributed by atoms with Gasteiger partial charge in [-0.15, -0.1) is 0 Å². The molecule has 1 aliphatic rings. The van der Waals surface area contributed by atoms with E-state index in [1.807, 2.05) is 13.8 Å². The number of carboxylic acids is 1. The van der Waals surface area contributed by atoms with Gasteiger partial charge < -0.3 is 14.7 Å². The molecular formula is C15H27NO4.